The van der Waals surface area contributed by atoms with Crippen molar-refractivity contribution in [2.45, 2.75) is 6.42 Å². The molecule has 24 heavy (non-hydrogen) atoms. The van der Waals surface area contributed by atoms with Gasteiger partial charge in [0.15, 0.2) is 0 Å². The summed E-state index contributed by atoms with van der Waals surface area (Å²) in [6.45, 7) is 0.268. The fourth-order valence-corrected chi connectivity index (χ4v) is 4.08. The maximum Gasteiger partial charge on any atom is 0.323 e. The molecular weight excluding hydrogens is 336 g/mol. The number of carbonyl (C=O) groups excluding carboxylic acids is 1. The van der Waals surface area contributed by atoms with E-state index in [1.165, 1.54) is 23.5 Å². The molecule has 0 unspecified atom stereocenters. The van der Waals surface area contributed by atoms with Crippen molar-refractivity contribution in [1.29, 1.82) is 0 Å². The molecule has 1 aromatic rings. The molecule has 1 saturated heterocycles. The summed E-state index contributed by atoms with van der Waals surface area (Å²) in [7, 11) is -1.88. The molecule has 1 N–H and O–H groups in total. The van der Waals surface area contributed by atoms with E-state index < -0.39 is 28.4 Å². The highest BCUT2D eigenvalue weighted by molar-refractivity contribution is 7.93. The first kappa shape index (κ1) is 18.2. The molecule has 1 fully saturated rings. The molecule has 0 spiro atoms. The molecule has 1 amide bonds. The Hall–Kier alpha value is -2.13. The van der Waals surface area contributed by atoms with Gasteiger partial charge in [-0.05, 0) is 24.6 Å². The van der Waals surface area contributed by atoms with Crippen LogP contribution in [0.15, 0.2) is 24.3 Å². The van der Waals surface area contributed by atoms with E-state index in [0.29, 0.717) is 18.7 Å². The highest BCUT2D eigenvalue weighted by Crippen LogP contribution is 2.25. The van der Waals surface area contributed by atoms with Gasteiger partial charge in [0.25, 0.3) is 5.91 Å². The van der Waals surface area contributed by atoms with Crippen LogP contribution in [0.3, 0.4) is 0 Å². The highest BCUT2D eigenvalue weighted by Gasteiger charge is 2.29. The lowest BCUT2D eigenvalue weighted by Gasteiger charge is -2.22. The molecular formula is C15H20N2O6S. The fourth-order valence-electron chi connectivity index (χ4n) is 2.52. The first-order valence-electron chi connectivity index (χ1n) is 7.45. The van der Waals surface area contributed by atoms with Crippen LogP contribution in [0.25, 0.3) is 0 Å². The van der Waals surface area contributed by atoms with Crippen molar-refractivity contribution in [2.24, 2.45) is 0 Å². The molecule has 9 heteroatoms. The second-order valence-corrected chi connectivity index (χ2v) is 7.42. The van der Waals surface area contributed by atoms with Crippen LogP contribution >= 0.6 is 0 Å². The summed E-state index contributed by atoms with van der Waals surface area (Å²) in [5.41, 5.74) is 0.660. The smallest absolute Gasteiger partial charge is 0.323 e. The lowest BCUT2D eigenvalue weighted by atomic mass is 10.1. The van der Waals surface area contributed by atoms with Crippen LogP contribution in [0.5, 0.6) is 0 Å². The second kappa shape index (κ2) is 7.63. The van der Waals surface area contributed by atoms with E-state index in [1.54, 1.807) is 12.1 Å². The number of sulfonamides is 1. The number of carboxylic acids is 1. The van der Waals surface area contributed by atoms with Gasteiger partial charge in [-0.3, -0.25) is 13.9 Å². The molecule has 0 aliphatic carbocycles. The van der Waals surface area contributed by atoms with Gasteiger partial charge >= 0.3 is 5.97 Å². The number of hydrogen-bond donors (Lipinski definition) is 1. The molecule has 1 aliphatic heterocycles. The Morgan fingerprint density at radius 1 is 1.38 bits per heavy atom. The lowest BCUT2D eigenvalue weighted by molar-refractivity contribution is -0.137. The minimum atomic E-state index is -3.34. The number of carbonyl (C=O) groups is 2. The molecule has 0 aromatic heterocycles. The van der Waals surface area contributed by atoms with Gasteiger partial charge in [-0.1, -0.05) is 6.07 Å². The summed E-state index contributed by atoms with van der Waals surface area (Å²) in [4.78, 5) is 24.7. The zero-order valence-corrected chi connectivity index (χ0v) is 14.2. The Labute approximate surface area is 140 Å². The number of rotatable bonds is 7. The zero-order chi connectivity index (χ0) is 17.7. The van der Waals surface area contributed by atoms with Crippen LogP contribution in [0, 0.1) is 0 Å². The second-order valence-electron chi connectivity index (χ2n) is 5.41. The van der Waals surface area contributed by atoms with Crippen molar-refractivity contribution in [3.05, 3.63) is 29.8 Å². The molecule has 8 nitrogen and oxygen atoms in total. The summed E-state index contributed by atoms with van der Waals surface area (Å²) in [5.74, 6) is -1.52. The molecule has 1 aromatic carbocycles. The third kappa shape index (κ3) is 4.24. The number of nitrogens with zero attached hydrogens (tertiary/aromatic N) is 2. The number of hydrogen-bond acceptors (Lipinski definition) is 5. The van der Waals surface area contributed by atoms with Crippen LogP contribution in [-0.4, -0.2) is 69.4 Å². The maximum atomic E-state index is 12.6. The van der Waals surface area contributed by atoms with Gasteiger partial charge < -0.3 is 14.7 Å². The Bertz CT molecular complexity index is 718. The summed E-state index contributed by atoms with van der Waals surface area (Å²) < 4.78 is 30.2. The van der Waals surface area contributed by atoms with Gasteiger partial charge in [0, 0.05) is 25.8 Å². The number of methoxy groups -OCH3 is 1. The summed E-state index contributed by atoms with van der Waals surface area (Å²) in [5, 5.41) is 8.95. The largest absolute Gasteiger partial charge is 0.480 e. The average Bonchev–Trinajstić information content (AvgIpc) is 2.90. The third-order valence-corrected chi connectivity index (χ3v) is 5.53. The molecule has 132 valence electrons. The molecule has 0 atom stereocenters. The molecule has 2 rings (SSSR count). The minimum Gasteiger partial charge on any atom is -0.480 e. The third-order valence-electron chi connectivity index (χ3n) is 3.66. The van der Waals surface area contributed by atoms with Gasteiger partial charge in [0.1, 0.15) is 6.54 Å². The summed E-state index contributed by atoms with van der Waals surface area (Å²) in [6.07, 6.45) is 0.541. The Balaban J connectivity index is 2.25. The normalized spacial score (nSPS) is 16.1. The maximum absolute atomic E-state index is 12.6. The van der Waals surface area contributed by atoms with E-state index in [2.05, 4.69) is 0 Å². The topological polar surface area (TPSA) is 104 Å². The van der Waals surface area contributed by atoms with E-state index in [9.17, 15) is 18.0 Å². The molecule has 0 bridgehead atoms. The monoisotopic (exact) mass is 356 g/mol. The van der Waals surface area contributed by atoms with Crippen molar-refractivity contribution in [3.63, 3.8) is 0 Å². The fraction of sp³-hybridized carbons (Fsp3) is 0.467. The average molecular weight is 356 g/mol. The van der Waals surface area contributed by atoms with Crippen LogP contribution in [0.1, 0.15) is 16.8 Å². The first-order chi connectivity index (χ1) is 11.3. The summed E-state index contributed by atoms with van der Waals surface area (Å²) >= 11 is 0. The van der Waals surface area contributed by atoms with E-state index in [-0.39, 0.29) is 24.5 Å². The van der Waals surface area contributed by atoms with Crippen molar-refractivity contribution < 1.29 is 27.9 Å². The highest BCUT2D eigenvalue weighted by atomic mass is 32.2. The van der Waals surface area contributed by atoms with Gasteiger partial charge in [-0.15, -0.1) is 0 Å². The Morgan fingerprint density at radius 2 is 2.12 bits per heavy atom. The number of benzene rings is 1. The van der Waals surface area contributed by atoms with Crippen LogP contribution < -0.4 is 4.31 Å². The van der Waals surface area contributed by atoms with Crippen molar-refractivity contribution in [3.8, 4) is 0 Å². The SMILES string of the molecule is COCCN(CC(=O)O)C(=O)c1cccc(N2CCCS2(=O)=O)c1. The van der Waals surface area contributed by atoms with E-state index >= 15 is 0 Å². The van der Waals surface area contributed by atoms with E-state index in [1.807, 2.05) is 0 Å². The predicted octanol–water partition coefficient (Wildman–Crippen LogP) is 0.400. The summed E-state index contributed by atoms with van der Waals surface area (Å²) in [6, 6.07) is 6.23. The number of carboxylic acid groups (broad SMARTS) is 1. The molecule has 1 heterocycles. The Morgan fingerprint density at radius 3 is 2.71 bits per heavy atom. The van der Waals surface area contributed by atoms with Gasteiger partial charge in [-0.25, -0.2) is 8.42 Å². The zero-order valence-electron chi connectivity index (χ0n) is 13.3. The predicted molar refractivity (Wildman–Crippen MR) is 87.6 cm³/mol. The van der Waals surface area contributed by atoms with Crippen molar-refractivity contribution in [2.75, 3.05) is 43.4 Å². The molecule has 0 saturated carbocycles. The molecule has 0 radical (unpaired) electrons. The quantitative estimate of drug-likeness (QED) is 0.758. The van der Waals surface area contributed by atoms with Crippen LogP contribution in [-0.2, 0) is 19.6 Å². The number of anilines is 1. The first-order valence-corrected chi connectivity index (χ1v) is 9.06. The number of ether oxygens (including phenoxy) is 1. The van der Waals surface area contributed by atoms with Crippen LogP contribution in [0.2, 0.25) is 0 Å². The number of amides is 1. The molecule has 1 aliphatic rings. The minimum absolute atomic E-state index is 0.0875. The lowest BCUT2D eigenvalue weighted by Crippen LogP contribution is -2.38. The van der Waals surface area contributed by atoms with E-state index in [4.69, 9.17) is 9.84 Å². The van der Waals surface area contributed by atoms with Crippen LogP contribution in [0.4, 0.5) is 5.69 Å². The van der Waals surface area contributed by atoms with Crippen molar-refractivity contribution in [1.82, 2.24) is 4.90 Å². The van der Waals surface area contributed by atoms with Crippen molar-refractivity contribution >= 4 is 27.6 Å². The van der Waals surface area contributed by atoms with Gasteiger partial charge in [0.05, 0.1) is 18.0 Å². The van der Waals surface area contributed by atoms with Gasteiger partial charge in [-0.2, -0.15) is 0 Å². The Kier molecular flexibility index (Phi) is 5.79. The number of aliphatic carboxylic acids is 1. The van der Waals surface area contributed by atoms with E-state index in [0.717, 1.165) is 4.90 Å². The van der Waals surface area contributed by atoms with Gasteiger partial charge in [0.2, 0.25) is 10.0 Å². The standard InChI is InChI=1S/C15H20N2O6S/c1-23-8-7-16(11-14(18)19)15(20)12-4-2-5-13(10-12)17-6-3-9-24(17,21)22/h2,4-5,10H,3,6-9,11H2,1H3,(H,18,19).